The molecule has 1 atom stereocenters. The van der Waals surface area contributed by atoms with Gasteiger partial charge in [-0.2, -0.15) is 0 Å². The van der Waals surface area contributed by atoms with Gasteiger partial charge in [0.05, 0.1) is 29.7 Å². The number of nitrogens with zero attached hydrogens (tertiary/aromatic N) is 6. The molecule has 8 nitrogen and oxygen atoms in total. The maximum atomic E-state index is 9.53. The lowest BCUT2D eigenvalue weighted by atomic mass is 10.3. The Balaban J connectivity index is 1.71. The number of benzene rings is 1. The van der Waals surface area contributed by atoms with Crippen LogP contribution in [0.2, 0.25) is 0 Å². The molecule has 0 amide bonds. The van der Waals surface area contributed by atoms with Gasteiger partial charge in [-0.3, -0.25) is 0 Å². The van der Waals surface area contributed by atoms with E-state index in [4.69, 9.17) is 0 Å². The predicted octanol–water partition coefficient (Wildman–Crippen LogP) is 1.20. The highest BCUT2D eigenvalue weighted by atomic mass is 16.3. The number of anilines is 1. The maximum Gasteiger partial charge on any atom is 0.204 e. The topological polar surface area (TPSA) is 93.7 Å². The zero-order chi connectivity index (χ0) is 15.8. The highest BCUT2D eigenvalue weighted by Crippen LogP contribution is 2.34. The Hall–Kier alpha value is -2.48. The molecule has 3 aromatic rings. The van der Waals surface area contributed by atoms with Crippen LogP contribution in [0.1, 0.15) is 31.6 Å². The Bertz CT molecular complexity index is 818. The van der Waals surface area contributed by atoms with Gasteiger partial charge in [0.1, 0.15) is 0 Å². The number of nitrogens with one attached hydrogen (secondary N) is 1. The Kier molecular flexibility index (Phi) is 3.45. The first kappa shape index (κ1) is 14.1. The summed E-state index contributed by atoms with van der Waals surface area (Å²) in [5, 5.41) is 24.8. The number of aromatic nitrogens is 6. The third-order valence-electron chi connectivity index (χ3n) is 3.96. The number of aliphatic hydroxyl groups is 1. The van der Waals surface area contributed by atoms with Crippen LogP contribution in [-0.2, 0) is 6.54 Å². The molecule has 0 unspecified atom stereocenters. The Labute approximate surface area is 133 Å². The summed E-state index contributed by atoms with van der Waals surface area (Å²) in [6, 6.07) is 8.39. The number of imidazole rings is 1. The highest BCUT2D eigenvalue weighted by molar-refractivity contribution is 5.78. The largest absolute Gasteiger partial charge is 0.392 e. The summed E-state index contributed by atoms with van der Waals surface area (Å²) in [6.45, 7) is 2.73. The van der Waals surface area contributed by atoms with E-state index in [1.54, 1.807) is 6.92 Å². The van der Waals surface area contributed by atoms with Gasteiger partial charge in [-0.25, -0.2) is 9.67 Å². The molecule has 4 rings (SSSR count). The molecule has 23 heavy (non-hydrogen) atoms. The number of para-hydroxylation sites is 2. The van der Waals surface area contributed by atoms with Gasteiger partial charge < -0.3 is 15.0 Å². The first-order valence-corrected chi connectivity index (χ1v) is 7.86. The normalized spacial score (nSPS) is 15.9. The average Bonchev–Trinajstić information content (AvgIpc) is 3.18. The van der Waals surface area contributed by atoms with Gasteiger partial charge in [0, 0.05) is 6.54 Å². The average molecular weight is 313 g/mol. The maximum absolute atomic E-state index is 9.53. The van der Waals surface area contributed by atoms with Gasteiger partial charge in [-0.15, -0.1) is 5.10 Å². The summed E-state index contributed by atoms with van der Waals surface area (Å²) in [6.07, 6.45) is 1.83. The van der Waals surface area contributed by atoms with Gasteiger partial charge in [-0.05, 0) is 42.3 Å². The third kappa shape index (κ3) is 2.77. The van der Waals surface area contributed by atoms with Crippen LogP contribution in [0.5, 0.6) is 0 Å². The van der Waals surface area contributed by atoms with Crippen molar-refractivity contribution in [1.82, 2.24) is 29.8 Å². The predicted molar refractivity (Wildman–Crippen MR) is 85.1 cm³/mol. The number of tetrazole rings is 1. The van der Waals surface area contributed by atoms with E-state index in [0.717, 1.165) is 35.6 Å². The van der Waals surface area contributed by atoms with E-state index in [2.05, 4.69) is 30.4 Å². The molecule has 0 bridgehead atoms. The van der Waals surface area contributed by atoms with E-state index < -0.39 is 6.10 Å². The lowest BCUT2D eigenvalue weighted by molar-refractivity contribution is 0.208. The molecule has 0 spiro atoms. The second-order valence-corrected chi connectivity index (χ2v) is 6.01. The second kappa shape index (κ2) is 5.62. The van der Waals surface area contributed by atoms with E-state index in [1.807, 2.05) is 28.9 Å². The first-order chi connectivity index (χ1) is 11.2. The van der Waals surface area contributed by atoms with Crippen molar-refractivity contribution in [3.63, 3.8) is 0 Å². The van der Waals surface area contributed by atoms with Gasteiger partial charge in [0.15, 0.2) is 5.82 Å². The molecule has 120 valence electrons. The molecule has 0 aliphatic heterocycles. The standard InChI is InChI=1S/C15H19N7O/c1-10(23)8-16-15-17-12-4-2-3-5-13(12)21(15)9-14-18-19-20-22(14)11-6-7-11/h2-5,10-11,23H,6-9H2,1H3,(H,16,17)/t10-/m1/s1. The lowest BCUT2D eigenvalue weighted by Crippen LogP contribution is -2.19. The van der Waals surface area contributed by atoms with E-state index in [0.29, 0.717) is 19.1 Å². The van der Waals surface area contributed by atoms with E-state index in [-0.39, 0.29) is 0 Å². The zero-order valence-corrected chi connectivity index (χ0v) is 12.9. The fourth-order valence-electron chi connectivity index (χ4n) is 2.67. The van der Waals surface area contributed by atoms with Crippen LogP contribution in [0.3, 0.4) is 0 Å². The molecule has 2 aromatic heterocycles. The number of aliphatic hydroxyl groups excluding tert-OH is 1. The van der Waals surface area contributed by atoms with Crippen molar-refractivity contribution < 1.29 is 5.11 Å². The minimum atomic E-state index is -0.444. The summed E-state index contributed by atoms with van der Waals surface area (Å²) in [4.78, 5) is 4.62. The van der Waals surface area contributed by atoms with Crippen LogP contribution in [0, 0.1) is 0 Å². The number of fused-ring (bicyclic) bond motifs is 1. The molecule has 1 aliphatic carbocycles. The van der Waals surface area contributed by atoms with Crippen molar-refractivity contribution >= 4 is 17.0 Å². The van der Waals surface area contributed by atoms with Gasteiger partial charge >= 0.3 is 0 Å². The van der Waals surface area contributed by atoms with Crippen LogP contribution < -0.4 is 5.32 Å². The number of hydrogen-bond donors (Lipinski definition) is 2. The van der Waals surface area contributed by atoms with Crippen molar-refractivity contribution in [2.45, 2.75) is 38.5 Å². The van der Waals surface area contributed by atoms with Crippen molar-refractivity contribution in [3.8, 4) is 0 Å². The molecule has 2 N–H and O–H groups in total. The van der Waals surface area contributed by atoms with Gasteiger partial charge in [0.25, 0.3) is 0 Å². The Morgan fingerprint density at radius 3 is 2.96 bits per heavy atom. The summed E-state index contributed by atoms with van der Waals surface area (Å²) in [5.41, 5.74) is 1.93. The van der Waals surface area contributed by atoms with E-state index in [9.17, 15) is 5.11 Å². The fourth-order valence-corrected chi connectivity index (χ4v) is 2.67. The van der Waals surface area contributed by atoms with Gasteiger partial charge in [0.2, 0.25) is 5.95 Å². The molecular weight excluding hydrogens is 294 g/mol. The monoisotopic (exact) mass is 313 g/mol. The minimum Gasteiger partial charge on any atom is -0.392 e. The zero-order valence-electron chi connectivity index (χ0n) is 12.9. The Morgan fingerprint density at radius 2 is 2.17 bits per heavy atom. The summed E-state index contributed by atoms with van der Waals surface area (Å²) in [5.74, 6) is 1.55. The van der Waals surface area contributed by atoms with E-state index in [1.165, 1.54) is 0 Å². The summed E-state index contributed by atoms with van der Waals surface area (Å²) < 4.78 is 3.97. The van der Waals surface area contributed by atoms with Crippen LogP contribution in [-0.4, -0.2) is 47.5 Å². The smallest absolute Gasteiger partial charge is 0.204 e. The van der Waals surface area contributed by atoms with E-state index >= 15 is 0 Å². The first-order valence-electron chi connectivity index (χ1n) is 7.86. The van der Waals surface area contributed by atoms with Crippen LogP contribution in [0.15, 0.2) is 24.3 Å². The molecular formula is C15H19N7O. The fraction of sp³-hybridized carbons (Fsp3) is 0.467. The van der Waals surface area contributed by atoms with Crippen LogP contribution >= 0.6 is 0 Å². The number of rotatable bonds is 6. The molecule has 1 fully saturated rings. The summed E-state index contributed by atoms with van der Waals surface area (Å²) in [7, 11) is 0. The lowest BCUT2D eigenvalue weighted by Gasteiger charge is -2.11. The second-order valence-electron chi connectivity index (χ2n) is 6.01. The number of hydrogen-bond acceptors (Lipinski definition) is 6. The summed E-state index contributed by atoms with van der Waals surface area (Å²) >= 11 is 0. The van der Waals surface area contributed by atoms with Crippen molar-refractivity contribution in [3.05, 3.63) is 30.1 Å². The highest BCUT2D eigenvalue weighted by Gasteiger charge is 2.28. The molecule has 8 heteroatoms. The molecule has 1 aromatic carbocycles. The Morgan fingerprint density at radius 1 is 1.35 bits per heavy atom. The SMILES string of the molecule is C[C@@H](O)CNc1nc2ccccc2n1Cc1nnnn1C1CC1. The van der Waals surface area contributed by atoms with Crippen LogP contribution in [0.4, 0.5) is 5.95 Å². The molecule has 1 aliphatic rings. The van der Waals surface area contributed by atoms with Crippen molar-refractivity contribution in [2.75, 3.05) is 11.9 Å². The molecule has 1 saturated carbocycles. The molecule has 2 heterocycles. The minimum absolute atomic E-state index is 0.434. The van der Waals surface area contributed by atoms with Gasteiger partial charge in [-0.1, -0.05) is 12.1 Å². The molecule has 0 saturated heterocycles. The quantitative estimate of drug-likeness (QED) is 0.710. The van der Waals surface area contributed by atoms with Crippen molar-refractivity contribution in [2.24, 2.45) is 0 Å². The van der Waals surface area contributed by atoms with Crippen molar-refractivity contribution in [1.29, 1.82) is 0 Å². The third-order valence-corrected chi connectivity index (χ3v) is 3.96. The molecule has 0 radical (unpaired) electrons. The van der Waals surface area contributed by atoms with Crippen LogP contribution in [0.25, 0.3) is 11.0 Å².